The van der Waals surface area contributed by atoms with Crippen molar-refractivity contribution in [1.82, 2.24) is 24.6 Å². The van der Waals surface area contributed by atoms with Crippen LogP contribution >= 0.6 is 0 Å². The number of anilines is 1. The molecule has 11 heteroatoms. The van der Waals surface area contributed by atoms with Crippen LogP contribution in [0.4, 0.5) is 11.4 Å². The molecule has 0 saturated carbocycles. The minimum atomic E-state index is -0.477. The Balaban J connectivity index is 1.45. The van der Waals surface area contributed by atoms with Crippen LogP contribution in [0.5, 0.6) is 0 Å². The number of non-ortho nitro benzene ring substituents is 1. The average Bonchev–Trinajstić information content (AvgIpc) is 3.24. The van der Waals surface area contributed by atoms with E-state index in [2.05, 4.69) is 15.4 Å². The summed E-state index contributed by atoms with van der Waals surface area (Å²) in [4.78, 5) is 42.1. The van der Waals surface area contributed by atoms with Crippen molar-refractivity contribution in [3.05, 3.63) is 92.7 Å². The molecule has 0 aliphatic carbocycles. The lowest BCUT2D eigenvalue weighted by Gasteiger charge is -2.13. The van der Waals surface area contributed by atoms with Gasteiger partial charge in [-0.3, -0.25) is 24.3 Å². The number of amides is 1. The Morgan fingerprint density at radius 2 is 1.97 bits per heavy atom. The fourth-order valence-corrected chi connectivity index (χ4v) is 3.54. The van der Waals surface area contributed by atoms with Crippen molar-refractivity contribution in [2.24, 2.45) is 0 Å². The number of fused-ring (bicyclic) bond motifs is 1. The summed E-state index contributed by atoms with van der Waals surface area (Å²) in [5, 5.41) is 18.4. The monoisotopic (exact) mass is 461 g/mol. The van der Waals surface area contributed by atoms with E-state index in [0.29, 0.717) is 35.2 Å². The van der Waals surface area contributed by atoms with Crippen molar-refractivity contribution < 1.29 is 9.72 Å². The second kappa shape index (κ2) is 9.53. The Kier molecular flexibility index (Phi) is 6.35. The van der Waals surface area contributed by atoms with Crippen molar-refractivity contribution in [2.75, 3.05) is 25.5 Å². The molecule has 34 heavy (non-hydrogen) atoms. The molecule has 11 nitrogen and oxygen atoms in total. The fourth-order valence-electron chi connectivity index (χ4n) is 3.54. The second-order valence-corrected chi connectivity index (χ2v) is 7.91. The van der Waals surface area contributed by atoms with Crippen LogP contribution in [0.25, 0.3) is 11.0 Å². The van der Waals surface area contributed by atoms with Crippen molar-refractivity contribution in [3.8, 4) is 0 Å². The molecular formula is C23H23N7O4. The SMILES string of the molecule is CN(C)c1cccc(C(=O)NCCn2ncc3c(=O)n(Cc4cccc([N+](=O)[O-])c4)cnc32)c1. The van der Waals surface area contributed by atoms with Gasteiger partial charge < -0.3 is 10.2 Å². The molecule has 1 amide bonds. The lowest BCUT2D eigenvalue weighted by atomic mass is 10.2. The quantitative estimate of drug-likeness (QED) is 0.314. The maximum absolute atomic E-state index is 12.9. The predicted octanol–water partition coefficient (Wildman–Crippen LogP) is 2.05. The molecule has 0 aliphatic rings. The number of rotatable bonds is 8. The fraction of sp³-hybridized carbons (Fsp3) is 0.217. The van der Waals surface area contributed by atoms with Gasteiger partial charge in [-0.1, -0.05) is 18.2 Å². The van der Waals surface area contributed by atoms with Crippen LogP contribution in [0.15, 0.2) is 65.8 Å². The highest BCUT2D eigenvalue weighted by molar-refractivity contribution is 5.95. The van der Waals surface area contributed by atoms with Gasteiger partial charge in [-0.05, 0) is 23.8 Å². The lowest BCUT2D eigenvalue weighted by Crippen LogP contribution is -2.28. The molecule has 0 unspecified atom stereocenters. The van der Waals surface area contributed by atoms with Gasteiger partial charge in [0.1, 0.15) is 11.7 Å². The van der Waals surface area contributed by atoms with Gasteiger partial charge in [0, 0.05) is 44.0 Å². The van der Waals surface area contributed by atoms with Crippen LogP contribution in [-0.2, 0) is 13.1 Å². The zero-order valence-corrected chi connectivity index (χ0v) is 18.7. The largest absolute Gasteiger partial charge is 0.378 e. The summed E-state index contributed by atoms with van der Waals surface area (Å²) in [6.45, 7) is 0.793. The first kappa shape index (κ1) is 22.6. The van der Waals surface area contributed by atoms with Gasteiger partial charge in [0.05, 0.1) is 24.2 Å². The summed E-state index contributed by atoms with van der Waals surface area (Å²) in [5.41, 5.74) is 2.17. The summed E-state index contributed by atoms with van der Waals surface area (Å²) >= 11 is 0. The lowest BCUT2D eigenvalue weighted by molar-refractivity contribution is -0.384. The molecule has 2 aromatic heterocycles. The summed E-state index contributed by atoms with van der Waals surface area (Å²) < 4.78 is 2.94. The number of hydrogen-bond acceptors (Lipinski definition) is 7. The van der Waals surface area contributed by atoms with Crippen molar-refractivity contribution in [3.63, 3.8) is 0 Å². The van der Waals surface area contributed by atoms with E-state index in [1.807, 2.05) is 37.2 Å². The molecular weight excluding hydrogens is 438 g/mol. The van der Waals surface area contributed by atoms with E-state index in [1.165, 1.54) is 29.2 Å². The molecule has 0 saturated heterocycles. The number of nitrogens with zero attached hydrogens (tertiary/aromatic N) is 6. The average molecular weight is 461 g/mol. The normalized spacial score (nSPS) is 10.9. The molecule has 0 bridgehead atoms. The number of carbonyl (C=O) groups excluding carboxylic acids is 1. The van der Waals surface area contributed by atoms with Crippen molar-refractivity contribution in [1.29, 1.82) is 0 Å². The first-order chi connectivity index (χ1) is 16.3. The topological polar surface area (TPSA) is 128 Å². The van der Waals surface area contributed by atoms with E-state index < -0.39 is 4.92 Å². The van der Waals surface area contributed by atoms with Gasteiger partial charge in [-0.25, -0.2) is 9.67 Å². The summed E-state index contributed by atoms with van der Waals surface area (Å²) in [5.74, 6) is -0.201. The Labute approximate surface area is 194 Å². The van der Waals surface area contributed by atoms with E-state index in [0.717, 1.165) is 5.69 Å². The minimum Gasteiger partial charge on any atom is -0.378 e. The standard InChI is InChI=1S/C23H23N7O4/c1-27(2)18-7-4-6-17(12-18)22(31)24-9-10-29-21-20(13-26-29)23(32)28(15-25-21)14-16-5-3-8-19(11-16)30(33)34/h3-8,11-13,15H,9-10,14H2,1-2H3,(H,24,31). The van der Waals surface area contributed by atoms with Gasteiger partial charge in [0.25, 0.3) is 17.2 Å². The van der Waals surface area contributed by atoms with E-state index in [4.69, 9.17) is 0 Å². The molecule has 0 radical (unpaired) electrons. The third-order valence-electron chi connectivity index (χ3n) is 5.33. The number of aromatic nitrogens is 4. The Hall–Kier alpha value is -4.54. The molecule has 4 aromatic rings. The third-order valence-corrected chi connectivity index (χ3v) is 5.33. The van der Waals surface area contributed by atoms with Crippen LogP contribution < -0.4 is 15.8 Å². The van der Waals surface area contributed by atoms with E-state index in [9.17, 15) is 19.7 Å². The molecule has 2 heterocycles. The van der Waals surface area contributed by atoms with E-state index in [1.54, 1.807) is 22.9 Å². The Morgan fingerprint density at radius 3 is 2.74 bits per heavy atom. The number of hydrogen-bond donors (Lipinski definition) is 1. The van der Waals surface area contributed by atoms with E-state index >= 15 is 0 Å². The zero-order chi connectivity index (χ0) is 24.2. The highest BCUT2D eigenvalue weighted by atomic mass is 16.6. The van der Waals surface area contributed by atoms with Crippen LogP contribution in [0.1, 0.15) is 15.9 Å². The van der Waals surface area contributed by atoms with Gasteiger partial charge >= 0.3 is 0 Å². The number of benzene rings is 2. The maximum Gasteiger partial charge on any atom is 0.269 e. The van der Waals surface area contributed by atoms with Gasteiger partial charge in [-0.2, -0.15) is 5.10 Å². The maximum atomic E-state index is 12.9. The Bertz CT molecular complexity index is 1420. The van der Waals surface area contributed by atoms with Gasteiger partial charge in [-0.15, -0.1) is 0 Å². The Morgan fingerprint density at radius 1 is 1.18 bits per heavy atom. The molecule has 174 valence electrons. The van der Waals surface area contributed by atoms with Crippen LogP contribution in [0.3, 0.4) is 0 Å². The molecule has 1 N–H and O–H groups in total. The highest BCUT2D eigenvalue weighted by Crippen LogP contribution is 2.15. The smallest absolute Gasteiger partial charge is 0.269 e. The van der Waals surface area contributed by atoms with Crippen LogP contribution in [0.2, 0.25) is 0 Å². The molecule has 0 fully saturated rings. The third kappa shape index (κ3) is 4.77. The first-order valence-corrected chi connectivity index (χ1v) is 10.5. The van der Waals surface area contributed by atoms with Gasteiger partial charge in [0.15, 0.2) is 5.65 Å². The molecule has 0 atom stereocenters. The minimum absolute atomic E-state index is 0.0390. The number of nitro groups is 1. The summed E-state index contributed by atoms with van der Waals surface area (Å²) in [7, 11) is 3.81. The van der Waals surface area contributed by atoms with Crippen LogP contribution in [-0.4, -0.2) is 50.8 Å². The molecule has 2 aromatic carbocycles. The number of nitro benzene ring substituents is 1. The van der Waals surface area contributed by atoms with E-state index in [-0.39, 0.29) is 23.7 Å². The zero-order valence-electron chi connectivity index (χ0n) is 18.7. The predicted molar refractivity (Wildman–Crippen MR) is 127 cm³/mol. The van der Waals surface area contributed by atoms with Gasteiger partial charge in [0.2, 0.25) is 0 Å². The number of carbonyl (C=O) groups is 1. The second-order valence-electron chi connectivity index (χ2n) is 7.91. The van der Waals surface area contributed by atoms with Crippen molar-refractivity contribution >= 4 is 28.3 Å². The molecule has 4 rings (SSSR count). The first-order valence-electron chi connectivity index (χ1n) is 10.5. The number of nitrogens with one attached hydrogen (secondary N) is 1. The van der Waals surface area contributed by atoms with Crippen molar-refractivity contribution in [2.45, 2.75) is 13.1 Å². The molecule has 0 spiro atoms. The molecule has 0 aliphatic heterocycles. The summed E-state index contributed by atoms with van der Waals surface area (Å²) in [6, 6.07) is 13.4. The summed E-state index contributed by atoms with van der Waals surface area (Å²) in [6.07, 6.45) is 2.84. The van der Waals surface area contributed by atoms with Crippen LogP contribution in [0, 0.1) is 10.1 Å². The highest BCUT2D eigenvalue weighted by Gasteiger charge is 2.13.